The second-order valence-electron chi connectivity index (χ2n) is 5.29. The number of non-ortho nitro benzene ring substituents is 1. The Morgan fingerprint density at radius 1 is 1.16 bits per heavy atom. The first-order chi connectivity index (χ1) is 11.6. The molecule has 0 spiro atoms. The molecule has 0 aliphatic carbocycles. The summed E-state index contributed by atoms with van der Waals surface area (Å²) in [4.78, 5) is 22.8. The van der Waals surface area contributed by atoms with Crippen LogP contribution in [0.25, 0.3) is 10.9 Å². The molecule has 3 rings (SSSR count). The molecule has 25 heavy (non-hydrogen) atoms. The number of ketones is 1. The second-order valence-corrected chi connectivity index (χ2v) is 5.29. The van der Waals surface area contributed by atoms with Crippen LogP contribution in [-0.2, 0) is 6.54 Å². The van der Waals surface area contributed by atoms with Gasteiger partial charge >= 0.3 is 0 Å². The zero-order valence-electron chi connectivity index (χ0n) is 13.4. The van der Waals surface area contributed by atoms with Gasteiger partial charge in [-0.15, -0.1) is 0 Å². The number of halogens is 1. The number of nitrogens with zero attached hydrogens (tertiary/aromatic N) is 2. The Hall–Kier alpha value is -2.80. The van der Waals surface area contributed by atoms with Crippen LogP contribution in [0.5, 0.6) is 5.75 Å². The molecule has 0 fully saturated rings. The van der Waals surface area contributed by atoms with Gasteiger partial charge in [0.05, 0.1) is 17.4 Å². The number of rotatable bonds is 5. The molecule has 0 unspecified atom stereocenters. The van der Waals surface area contributed by atoms with Gasteiger partial charge in [0, 0.05) is 29.8 Å². The average molecular weight is 403 g/mol. The lowest BCUT2D eigenvalue weighted by Crippen LogP contribution is -3.00. The Labute approximate surface area is 154 Å². The van der Waals surface area contributed by atoms with Gasteiger partial charge in [-0.1, -0.05) is 12.1 Å². The van der Waals surface area contributed by atoms with Crippen molar-refractivity contribution in [3.8, 4) is 5.75 Å². The summed E-state index contributed by atoms with van der Waals surface area (Å²) < 4.78 is 7.02. The molecule has 0 amide bonds. The van der Waals surface area contributed by atoms with E-state index in [4.69, 9.17) is 4.74 Å². The van der Waals surface area contributed by atoms with Gasteiger partial charge in [-0.05, 0) is 18.2 Å². The van der Waals surface area contributed by atoms with Crippen LogP contribution in [0.15, 0.2) is 60.8 Å². The number of fused-ring (bicyclic) bond motifs is 1. The first-order valence-electron chi connectivity index (χ1n) is 7.32. The Balaban J connectivity index is 0.00000225. The van der Waals surface area contributed by atoms with Crippen molar-refractivity contribution in [3.05, 3.63) is 76.5 Å². The summed E-state index contributed by atoms with van der Waals surface area (Å²) in [5.41, 5.74) is 1.12. The molecule has 0 N–H and O–H groups in total. The van der Waals surface area contributed by atoms with Crippen LogP contribution in [0.3, 0.4) is 0 Å². The smallest absolute Gasteiger partial charge is 0.270 e. The van der Waals surface area contributed by atoms with Crippen molar-refractivity contribution in [2.24, 2.45) is 0 Å². The van der Waals surface area contributed by atoms with E-state index >= 15 is 0 Å². The van der Waals surface area contributed by atoms with Crippen LogP contribution in [0.4, 0.5) is 5.69 Å². The lowest BCUT2D eigenvalue weighted by atomic mass is 10.1. The van der Waals surface area contributed by atoms with E-state index in [9.17, 15) is 14.9 Å². The highest BCUT2D eigenvalue weighted by Crippen LogP contribution is 2.18. The van der Waals surface area contributed by atoms with E-state index in [2.05, 4.69) is 0 Å². The Bertz CT molecular complexity index is 943. The fourth-order valence-corrected chi connectivity index (χ4v) is 2.56. The topological polar surface area (TPSA) is 73.3 Å². The molecular weight excluding hydrogens is 388 g/mol. The van der Waals surface area contributed by atoms with Crippen LogP contribution in [0.1, 0.15) is 10.4 Å². The van der Waals surface area contributed by atoms with Crippen LogP contribution < -0.4 is 26.3 Å². The Morgan fingerprint density at radius 3 is 2.68 bits per heavy atom. The standard InChI is InChI=1S/C18H15N2O4.BrH/c1-24-16-7-8-17-13(11-16)5-3-9-19(17)12-18(21)14-4-2-6-15(10-14)20(22)23;/h2-11H,12H2,1H3;1H/q+1;/p-1. The maximum Gasteiger partial charge on any atom is 0.270 e. The maximum atomic E-state index is 12.5. The van der Waals surface area contributed by atoms with Crippen molar-refractivity contribution >= 4 is 22.4 Å². The quantitative estimate of drug-likeness (QED) is 0.259. The number of ether oxygens (including phenoxy) is 1. The van der Waals surface area contributed by atoms with Crippen molar-refractivity contribution in [2.75, 3.05) is 7.11 Å². The molecule has 2 aromatic carbocycles. The minimum Gasteiger partial charge on any atom is -1.00 e. The highest BCUT2D eigenvalue weighted by atomic mass is 79.9. The van der Waals surface area contributed by atoms with Gasteiger partial charge in [-0.3, -0.25) is 14.9 Å². The highest BCUT2D eigenvalue weighted by Gasteiger charge is 2.17. The third kappa shape index (κ3) is 4.00. The lowest BCUT2D eigenvalue weighted by molar-refractivity contribution is -0.657. The number of nitro groups is 1. The van der Waals surface area contributed by atoms with Gasteiger partial charge in [0.1, 0.15) is 5.75 Å². The van der Waals surface area contributed by atoms with Crippen molar-refractivity contribution in [3.63, 3.8) is 0 Å². The molecule has 1 aromatic heterocycles. The number of carbonyl (C=O) groups is 1. The third-order valence-corrected chi connectivity index (χ3v) is 3.78. The van der Waals surface area contributed by atoms with Gasteiger partial charge in [0.15, 0.2) is 6.20 Å². The molecule has 128 valence electrons. The molecule has 0 saturated carbocycles. The molecule has 0 radical (unpaired) electrons. The number of benzene rings is 2. The number of carbonyl (C=O) groups excluding carboxylic acids is 1. The Kier molecular flexibility index (Phi) is 5.82. The van der Waals surface area contributed by atoms with Crippen LogP contribution in [0, 0.1) is 10.1 Å². The van der Waals surface area contributed by atoms with Gasteiger partial charge in [0.25, 0.3) is 5.69 Å². The summed E-state index contributed by atoms with van der Waals surface area (Å²) in [5, 5.41) is 11.8. The zero-order valence-corrected chi connectivity index (χ0v) is 15.0. The van der Waals surface area contributed by atoms with E-state index in [-0.39, 0.29) is 35.0 Å². The zero-order chi connectivity index (χ0) is 17.1. The van der Waals surface area contributed by atoms with Crippen molar-refractivity contribution < 1.29 is 36.0 Å². The SMILES string of the molecule is COc1ccc2c(ccc[n+]2CC(=O)c2cccc([N+](=O)[O-])c2)c1.[Br-]. The first kappa shape index (κ1) is 18.5. The summed E-state index contributed by atoms with van der Waals surface area (Å²) >= 11 is 0. The second kappa shape index (κ2) is 7.85. The average Bonchev–Trinajstić information content (AvgIpc) is 2.61. The fraction of sp³-hybridized carbons (Fsp3) is 0.111. The third-order valence-electron chi connectivity index (χ3n) is 3.78. The van der Waals surface area contributed by atoms with Gasteiger partial charge in [-0.25, -0.2) is 0 Å². The van der Waals surface area contributed by atoms with E-state index in [0.717, 1.165) is 16.7 Å². The molecule has 3 aromatic rings. The van der Waals surface area contributed by atoms with E-state index < -0.39 is 4.92 Å². The molecule has 0 bridgehead atoms. The van der Waals surface area contributed by atoms with Crippen LogP contribution in [0.2, 0.25) is 0 Å². The summed E-state index contributed by atoms with van der Waals surface area (Å²) in [6.45, 7) is 0.102. The van der Waals surface area contributed by atoms with Gasteiger partial charge < -0.3 is 21.7 Å². The molecule has 6 nitrogen and oxygen atoms in total. The number of pyridine rings is 1. The normalized spacial score (nSPS) is 10.1. The Morgan fingerprint density at radius 2 is 1.96 bits per heavy atom. The summed E-state index contributed by atoms with van der Waals surface area (Å²) in [6, 6.07) is 15.2. The molecule has 1 heterocycles. The predicted molar refractivity (Wildman–Crippen MR) is 88.1 cm³/mol. The van der Waals surface area contributed by atoms with E-state index in [1.807, 2.05) is 41.1 Å². The van der Waals surface area contributed by atoms with Crippen molar-refractivity contribution in [2.45, 2.75) is 6.54 Å². The number of nitro benzene ring substituents is 1. The van der Waals surface area contributed by atoms with Crippen molar-refractivity contribution in [1.82, 2.24) is 0 Å². The van der Waals surface area contributed by atoms with Gasteiger partial charge in [-0.2, -0.15) is 4.57 Å². The molecule has 0 aliphatic rings. The minimum absolute atomic E-state index is 0. The first-order valence-corrected chi connectivity index (χ1v) is 7.32. The largest absolute Gasteiger partial charge is 1.00 e. The van der Waals surface area contributed by atoms with Crippen LogP contribution >= 0.6 is 0 Å². The number of hydrogen-bond acceptors (Lipinski definition) is 4. The van der Waals surface area contributed by atoms with Crippen molar-refractivity contribution in [1.29, 1.82) is 0 Å². The highest BCUT2D eigenvalue weighted by molar-refractivity contribution is 5.95. The fourth-order valence-electron chi connectivity index (χ4n) is 2.56. The van der Waals surface area contributed by atoms with E-state index in [1.54, 1.807) is 13.2 Å². The predicted octanol–water partition coefficient (Wildman–Crippen LogP) is -0.0690. The lowest BCUT2D eigenvalue weighted by Gasteiger charge is -2.04. The van der Waals surface area contributed by atoms with E-state index in [1.165, 1.54) is 18.2 Å². The van der Waals surface area contributed by atoms with E-state index in [0.29, 0.717) is 5.56 Å². The maximum absolute atomic E-state index is 12.5. The number of methoxy groups -OCH3 is 1. The molecular formula is C18H15BrN2O4. The minimum atomic E-state index is -0.506. The summed E-state index contributed by atoms with van der Waals surface area (Å²) in [7, 11) is 1.60. The molecule has 0 saturated heterocycles. The molecule has 0 atom stereocenters. The number of Topliss-reactive ketones (excluding diaryl/α,β-unsaturated/α-hetero) is 1. The summed E-state index contributed by atoms with van der Waals surface area (Å²) in [6.07, 6.45) is 1.81. The van der Waals surface area contributed by atoms with Crippen LogP contribution in [-0.4, -0.2) is 17.8 Å². The molecule has 7 heteroatoms. The number of hydrogen-bond donors (Lipinski definition) is 0. The monoisotopic (exact) mass is 402 g/mol. The van der Waals surface area contributed by atoms with Gasteiger partial charge in [0.2, 0.25) is 17.8 Å². The number of aromatic nitrogens is 1. The molecule has 0 aliphatic heterocycles. The summed E-state index contributed by atoms with van der Waals surface area (Å²) in [5.74, 6) is 0.553.